The number of hydrogen-bond acceptors (Lipinski definition) is 2. The van der Waals surface area contributed by atoms with E-state index in [1.807, 2.05) is 30.6 Å². The normalized spacial score (nSPS) is 20.7. The number of thioether (sulfide) groups is 1. The van der Waals surface area contributed by atoms with Gasteiger partial charge in [0.05, 0.1) is 0 Å². The van der Waals surface area contributed by atoms with Crippen LogP contribution in [0.2, 0.25) is 0 Å². The van der Waals surface area contributed by atoms with Crippen molar-refractivity contribution in [2.75, 3.05) is 32.4 Å². The predicted octanol–water partition coefficient (Wildman–Crippen LogP) is 1.89. The van der Waals surface area contributed by atoms with Crippen molar-refractivity contribution in [1.82, 2.24) is 9.80 Å². The third kappa shape index (κ3) is 2.80. The third-order valence-corrected chi connectivity index (χ3v) is 3.79. The van der Waals surface area contributed by atoms with Gasteiger partial charge in [-0.3, -0.25) is 0 Å². The molecule has 0 bridgehead atoms. The van der Waals surface area contributed by atoms with E-state index in [-0.39, 0.29) is 10.8 Å². The van der Waals surface area contributed by atoms with Crippen molar-refractivity contribution in [1.29, 1.82) is 0 Å². The second-order valence-corrected chi connectivity index (χ2v) is 6.13. The molecule has 0 atom stereocenters. The quantitative estimate of drug-likeness (QED) is 0.668. The summed E-state index contributed by atoms with van der Waals surface area (Å²) < 4.78 is 0.211. The number of carbonyl (C=O) groups excluding carboxylic acids is 1. The first-order valence-electron chi connectivity index (χ1n) is 5.10. The second kappa shape index (κ2) is 4.43. The molecule has 14 heavy (non-hydrogen) atoms. The molecule has 0 radical (unpaired) electrons. The van der Waals surface area contributed by atoms with E-state index in [0.717, 1.165) is 25.4 Å². The molecular formula is C10H20N2OS. The molecule has 0 aromatic rings. The summed E-state index contributed by atoms with van der Waals surface area (Å²) in [6, 6.07) is 0.167. The zero-order valence-corrected chi connectivity index (χ0v) is 10.4. The average molecular weight is 216 g/mol. The predicted molar refractivity (Wildman–Crippen MR) is 61.8 cm³/mol. The van der Waals surface area contributed by atoms with Gasteiger partial charge < -0.3 is 9.80 Å². The standard InChI is InChI=1S/C10H20N2OS/c1-5-11(4)9(13)12-6-7-14-10(2,3)8-12/h5-8H2,1-4H3. The average Bonchev–Trinajstić information content (AvgIpc) is 2.14. The largest absolute Gasteiger partial charge is 0.328 e. The Labute approximate surface area is 90.8 Å². The van der Waals surface area contributed by atoms with Gasteiger partial charge in [0.2, 0.25) is 0 Å². The maximum atomic E-state index is 11.9. The molecule has 1 rings (SSSR count). The third-order valence-electron chi connectivity index (χ3n) is 2.50. The number of amides is 2. The number of urea groups is 1. The van der Waals surface area contributed by atoms with Crippen molar-refractivity contribution >= 4 is 17.8 Å². The van der Waals surface area contributed by atoms with E-state index >= 15 is 0 Å². The molecule has 3 nitrogen and oxygen atoms in total. The van der Waals surface area contributed by atoms with Gasteiger partial charge in [0.1, 0.15) is 0 Å². The minimum absolute atomic E-state index is 0.167. The van der Waals surface area contributed by atoms with Crippen molar-refractivity contribution in [3.8, 4) is 0 Å². The van der Waals surface area contributed by atoms with E-state index in [9.17, 15) is 4.79 Å². The van der Waals surface area contributed by atoms with Crippen molar-refractivity contribution in [3.05, 3.63) is 0 Å². The topological polar surface area (TPSA) is 23.6 Å². The monoisotopic (exact) mass is 216 g/mol. The molecule has 1 heterocycles. The highest BCUT2D eigenvalue weighted by atomic mass is 32.2. The SMILES string of the molecule is CCN(C)C(=O)N1CCSC(C)(C)C1. The van der Waals surface area contributed by atoms with Gasteiger partial charge in [-0.2, -0.15) is 11.8 Å². The molecule has 0 aromatic heterocycles. The summed E-state index contributed by atoms with van der Waals surface area (Å²) in [6.07, 6.45) is 0. The lowest BCUT2D eigenvalue weighted by Gasteiger charge is -2.39. The minimum Gasteiger partial charge on any atom is -0.328 e. The highest BCUT2D eigenvalue weighted by Crippen LogP contribution is 2.29. The molecule has 0 spiro atoms. The van der Waals surface area contributed by atoms with Crippen molar-refractivity contribution in [2.45, 2.75) is 25.5 Å². The van der Waals surface area contributed by atoms with Gasteiger partial charge in [0, 0.05) is 37.2 Å². The zero-order valence-electron chi connectivity index (χ0n) is 9.54. The van der Waals surface area contributed by atoms with Crippen molar-refractivity contribution in [3.63, 3.8) is 0 Å². The van der Waals surface area contributed by atoms with Crippen LogP contribution < -0.4 is 0 Å². The summed E-state index contributed by atoms with van der Waals surface area (Å²) in [4.78, 5) is 15.6. The maximum absolute atomic E-state index is 11.9. The molecule has 1 aliphatic rings. The van der Waals surface area contributed by atoms with Crippen LogP contribution >= 0.6 is 11.8 Å². The molecule has 0 N–H and O–H groups in total. The van der Waals surface area contributed by atoms with Gasteiger partial charge in [-0.1, -0.05) is 0 Å². The van der Waals surface area contributed by atoms with Crippen LogP contribution in [-0.2, 0) is 0 Å². The van der Waals surface area contributed by atoms with E-state index in [2.05, 4.69) is 13.8 Å². The molecule has 2 amide bonds. The number of nitrogens with zero attached hydrogens (tertiary/aromatic N) is 2. The molecule has 1 fully saturated rings. The molecule has 1 saturated heterocycles. The Bertz CT molecular complexity index is 218. The second-order valence-electron chi connectivity index (χ2n) is 4.33. The number of hydrogen-bond donors (Lipinski definition) is 0. The Kier molecular flexibility index (Phi) is 3.70. The van der Waals surface area contributed by atoms with E-state index in [0.29, 0.717) is 0 Å². The highest BCUT2D eigenvalue weighted by Gasteiger charge is 2.30. The fourth-order valence-electron chi connectivity index (χ4n) is 1.56. The maximum Gasteiger partial charge on any atom is 0.319 e. The summed E-state index contributed by atoms with van der Waals surface area (Å²) in [5.74, 6) is 1.05. The molecule has 4 heteroatoms. The van der Waals surface area contributed by atoms with E-state index in [4.69, 9.17) is 0 Å². The van der Waals surface area contributed by atoms with Crippen LogP contribution in [0.5, 0.6) is 0 Å². The summed E-state index contributed by atoms with van der Waals surface area (Å²) in [5.41, 5.74) is 0. The van der Waals surface area contributed by atoms with Crippen LogP contribution in [0.3, 0.4) is 0 Å². The first kappa shape index (κ1) is 11.7. The Hall–Kier alpha value is -0.380. The van der Waals surface area contributed by atoms with Crippen molar-refractivity contribution in [2.24, 2.45) is 0 Å². The molecule has 1 aliphatic heterocycles. The highest BCUT2D eigenvalue weighted by molar-refractivity contribution is 8.00. The van der Waals surface area contributed by atoms with Gasteiger partial charge in [-0.25, -0.2) is 4.79 Å². The fraction of sp³-hybridized carbons (Fsp3) is 0.900. The van der Waals surface area contributed by atoms with E-state index in [1.54, 1.807) is 4.90 Å². The summed E-state index contributed by atoms with van der Waals surface area (Å²) >= 11 is 1.95. The zero-order chi connectivity index (χ0) is 10.8. The Morgan fingerprint density at radius 2 is 2.21 bits per heavy atom. The van der Waals surface area contributed by atoms with Gasteiger partial charge in [-0.15, -0.1) is 0 Å². The molecule has 82 valence electrons. The van der Waals surface area contributed by atoms with Gasteiger partial charge >= 0.3 is 6.03 Å². The Balaban J connectivity index is 2.56. The minimum atomic E-state index is 0.167. The van der Waals surface area contributed by atoms with E-state index < -0.39 is 0 Å². The number of rotatable bonds is 1. The summed E-state index contributed by atoms with van der Waals surface area (Å²) in [7, 11) is 1.86. The lowest BCUT2D eigenvalue weighted by Crippen LogP contribution is -2.50. The Morgan fingerprint density at radius 3 is 2.71 bits per heavy atom. The van der Waals surface area contributed by atoms with Crippen LogP contribution in [0.1, 0.15) is 20.8 Å². The van der Waals surface area contributed by atoms with Crippen LogP contribution in [0.4, 0.5) is 4.79 Å². The number of carbonyl (C=O) groups is 1. The van der Waals surface area contributed by atoms with Crippen LogP contribution in [-0.4, -0.2) is 53.0 Å². The Morgan fingerprint density at radius 1 is 1.57 bits per heavy atom. The van der Waals surface area contributed by atoms with Gasteiger partial charge in [0.15, 0.2) is 0 Å². The first-order valence-corrected chi connectivity index (χ1v) is 6.09. The molecule has 0 aliphatic carbocycles. The lowest BCUT2D eigenvalue weighted by atomic mass is 10.2. The van der Waals surface area contributed by atoms with Gasteiger partial charge in [0.25, 0.3) is 0 Å². The van der Waals surface area contributed by atoms with Crippen LogP contribution in [0.15, 0.2) is 0 Å². The molecular weight excluding hydrogens is 196 g/mol. The van der Waals surface area contributed by atoms with Crippen LogP contribution in [0.25, 0.3) is 0 Å². The molecule has 0 saturated carbocycles. The van der Waals surface area contributed by atoms with Crippen LogP contribution in [0, 0.1) is 0 Å². The summed E-state index contributed by atoms with van der Waals surface area (Å²) in [5, 5.41) is 0. The van der Waals surface area contributed by atoms with Gasteiger partial charge in [-0.05, 0) is 20.8 Å². The fourth-order valence-corrected chi connectivity index (χ4v) is 2.67. The molecule has 0 unspecified atom stereocenters. The van der Waals surface area contributed by atoms with Crippen molar-refractivity contribution < 1.29 is 4.79 Å². The summed E-state index contributed by atoms with van der Waals surface area (Å²) in [6.45, 7) is 8.93. The first-order chi connectivity index (χ1) is 6.46. The molecule has 0 aromatic carbocycles. The van der Waals surface area contributed by atoms with E-state index in [1.165, 1.54) is 0 Å². The lowest BCUT2D eigenvalue weighted by molar-refractivity contribution is 0.162. The smallest absolute Gasteiger partial charge is 0.319 e.